The van der Waals surface area contributed by atoms with Gasteiger partial charge in [0.1, 0.15) is 5.75 Å². The highest BCUT2D eigenvalue weighted by Gasteiger charge is 2.09. The number of benzene rings is 1. The maximum Gasteiger partial charge on any atom is 0.223 e. The molecule has 2 rings (SSSR count). The van der Waals surface area contributed by atoms with Crippen molar-refractivity contribution in [2.24, 2.45) is 5.73 Å². The van der Waals surface area contributed by atoms with Crippen LogP contribution in [0.1, 0.15) is 24.1 Å². The zero-order valence-electron chi connectivity index (χ0n) is 10.1. The van der Waals surface area contributed by atoms with Gasteiger partial charge in [-0.05, 0) is 37.6 Å². The Hall–Kier alpha value is -1.87. The van der Waals surface area contributed by atoms with Crippen molar-refractivity contribution in [3.63, 3.8) is 0 Å². The lowest BCUT2D eigenvalue weighted by atomic mass is 10.1. The molecule has 0 aliphatic heterocycles. The molecule has 17 heavy (non-hydrogen) atoms. The van der Waals surface area contributed by atoms with Gasteiger partial charge in [-0.25, -0.2) is 4.98 Å². The van der Waals surface area contributed by atoms with Gasteiger partial charge in [0.25, 0.3) is 0 Å². The number of aryl methyl sites for hydroxylation is 1. The molecule has 1 aromatic heterocycles. The third-order valence-electron chi connectivity index (χ3n) is 2.50. The van der Waals surface area contributed by atoms with Crippen LogP contribution in [0.25, 0.3) is 0 Å². The van der Waals surface area contributed by atoms with E-state index in [0.29, 0.717) is 5.88 Å². The molecule has 0 amide bonds. The SMILES string of the molecule is Cc1cccc(Oc2ncccc2[C@@H](C)N)c1. The van der Waals surface area contributed by atoms with Crippen LogP contribution < -0.4 is 10.5 Å². The third kappa shape index (κ3) is 2.82. The van der Waals surface area contributed by atoms with E-state index in [1.54, 1.807) is 6.20 Å². The summed E-state index contributed by atoms with van der Waals surface area (Å²) in [6.07, 6.45) is 1.71. The smallest absolute Gasteiger partial charge is 0.223 e. The summed E-state index contributed by atoms with van der Waals surface area (Å²) in [7, 11) is 0. The fourth-order valence-corrected chi connectivity index (χ4v) is 1.63. The summed E-state index contributed by atoms with van der Waals surface area (Å²) in [6.45, 7) is 3.94. The summed E-state index contributed by atoms with van der Waals surface area (Å²) in [5.41, 5.74) is 7.94. The van der Waals surface area contributed by atoms with Crippen molar-refractivity contribution in [1.82, 2.24) is 4.98 Å². The van der Waals surface area contributed by atoms with Crippen LogP contribution in [0, 0.1) is 6.92 Å². The molecule has 0 saturated heterocycles. The second kappa shape index (κ2) is 4.97. The second-order valence-electron chi connectivity index (χ2n) is 4.11. The minimum atomic E-state index is -0.0940. The van der Waals surface area contributed by atoms with E-state index in [2.05, 4.69) is 4.98 Å². The lowest BCUT2D eigenvalue weighted by molar-refractivity contribution is 0.452. The average molecular weight is 228 g/mol. The number of ether oxygens (including phenoxy) is 1. The van der Waals surface area contributed by atoms with E-state index in [4.69, 9.17) is 10.5 Å². The standard InChI is InChI=1S/C14H16N2O/c1-10-5-3-6-12(9-10)17-14-13(11(2)15)7-4-8-16-14/h3-9,11H,15H2,1-2H3/t11-/m1/s1. The van der Waals surface area contributed by atoms with Crippen LogP contribution in [0.2, 0.25) is 0 Å². The van der Waals surface area contributed by atoms with Crippen molar-refractivity contribution in [3.05, 3.63) is 53.7 Å². The quantitative estimate of drug-likeness (QED) is 0.877. The van der Waals surface area contributed by atoms with E-state index >= 15 is 0 Å². The lowest BCUT2D eigenvalue weighted by Crippen LogP contribution is -2.07. The van der Waals surface area contributed by atoms with Crippen molar-refractivity contribution < 1.29 is 4.74 Å². The van der Waals surface area contributed by atoms with Gasteiger partial charge < -0.3 is 10.5 Å². The van der Waals surface area contributed by atoms with Crippen molar-refractivity contribution in [2.45, 2.75) is 19.9 Å². The van der Waals surface area contributed by atoms with E-state index in [1.165, 1.54) is 0 Å². The molecular formula is C14H16N2O. The van der Waals surface area contributed by atoms with E-state index in [0.717, 1.165) is 16.9 Å². The number of rotatable bonds is 3. The summed E-state index contributed by atoms with van der Waals surface area (Å²) in [4.78, 5) is 4.22. The van der Waals surface area contributed by atoms with Crippen molar-refractivity contribution in [2.75, 3.05) is 0 Å². The number of hydrogen-bond acceptors (Lipinski definition) is 3. The molecule has 0 aliphatic rings. The Morgan fingerprint density at radius 2 is 2.06 bits per heavy atom. The Balaban J connectivity index is 2.30. The molecule has 0 fully saturated rings. The number of nitrogens with two attached hydrogens (primary N) is 1. The fraction of sp³-hybridized carbons (Fsp3) is 0.214. The first-order chi connectivity index (χ1) is 8.16. The molecule has 0 unspecified atom stereocenters. The Labute approximate surface area is 101 Å². The van der Waals surface area contributed by atoms with Gasteiger partial charge in [-0.3, -0.25) is 0 Å². The van der Waals surface area contributed by atoms with Crippen LogP contribution in [0.5, 0.6) is 11.6 Å². The third-order valence-corrected chi connectivity index (χ3v) is 2.50. The molecule has 1 heterocycles. The number of aromatic nitrogens is 1. The zero-order chi connectivity index (χ0) is 12.3. The van der Waals surface area contributed by atoms with Gasteiger partial charge in [-0.15, -0.1) is 0 Å². The Kier molecular flexibility index (Phi) is 3.40. The summed E-state index contributed by atoms with van der Waals surface area (Å²) in [6, 6.07) is 11.6. The normalized spacial score (nSPS) is 12.2. The van der Waals surface area contributed by atoms with Crippen LogP contribution in [-0.2, 0) is 0 Å². The van der Waals surface area contributed by atoms with E-state index in [9.17, 15) is 0 Å². The Morgan fingerprint density at radius 3 is 2.76 bits per heavy atom. The molecule has 0 aliphatic carbocycles. The minimum Gasteiger partial charge on any atom is -0.439 e. The van der Waals surface area contributed by atoms with Crippen LogP contribution in [0.4, 0.5) is 0 Å². The summed E-state index contributed by atoms with van der Waals surface area (Å²) < 4.78 is 5.76. The number of nitrogens with zero attached hydrogens (tertiary/aromatic N) is 1. The van der Waals surface area contributed by atoms with E-state index in [-0.39, 0.29) is 6.04 Å². The highest BCUT2D eigenvalue weighted by atomic mass is 16.5. The first kappa shape index (κ1) is 11.6. The molecule has 2 N–H and O–H groups in total. The topological polar surface area (TPSA) is 48.1 Å². The summed E-state index contributed by atoms with van der Waals surface area (Å²) in [5.74, 6) is 1.36. The van der Waals surface area contributed by atoms with Gasteiger partial charge in [0.15, 0.2) is 0 Å². The molecule has 88 valence electrons. The molecular weight excluding hydrogens is 212 g/mol. The van der Waals surface area contributed by atoms with Gasteiger partial charge in [-0.2, -0.15) is 0 Å². The molecule has 0 radical (unpaired) electrons. The largest absolute Gasteiger partial charge is 0.439 e. The molecule has 1 aromatic carbocycles. The monoisotopic (exact) mass is 228 g/mol. The maximum atomic E-state index is 5.88. The van der Waals surface area contributed by atoms with Crippen molar-refractivity contribution in [3.8, 4) is 11.6 Å². The van der Waals surface area contributed by atoms with Crippen LogP contribution in [0.3, 0.4) is 0 Å². The molecule has 0 saturated carbocycles. The lowest BCUT2D eigenvalue weighted by Gasteiger charge is -2.12. The van der Waals surface area contributed by atoms with Crippen LogP contribution >= 0.6 is 0 Å². The van der Waals surface area contributed by atoms with Gasteiger partial charge in [0.2, 0.25) is 5.88 Å². The highest BCUT2D eigenvalue weighted by molar-refractivity contribution is 5.35. The van der Waals surface area contributed by atoms with Crippen LogP contribution in [-0.4, -0.2) is 4.98 Å². The molecule has 1 atom stereocenters. The predicted molar refractivity (Wildman–Crippen MR) is 68.1 cm³/mol. The first-order valence-electron chi connectivity index (χ1n) is 5.62. The van der Waals surface area contributed by atoms with Gasteiger partial charge in [0, 0.05) is 17.8 Å². The van der Waals surface area contributed by atoms with Crippen LogP contribution in [0.15, 0.2) is 42.6 Å². The number of hydrogen-bond donors (Lipinski definition) is 1. The summed E-state index contributed by atoms with van der Waals surface area (Å²) >= 11 is 0. The van der Waals surface area contributed by atoms with E-state index < -0.39 is 0 Å². The molecule has 0 spiro atoms. The second-order valence-corrected chi connectivity index (χ2v) is 4.11. The van der Waals surface area contributed by atoms with Gasteiger partial charge >= 0.3 is 0 Å². The Morgan fingerprint density at radius 1 is 1.24 bits per heavy atom. The van der Waals surface area contributed by atoms with Crippen molar-refractivity contribution >= 4 is 0 Å². The van der Waals surface area contributed by atoms with Gasteiger partial charge in [-0.1, -0.05) is 18.2 Å². The van der Waals surface area contributed by atoms with E-state index in [1.807, 2.05) is 50.2 Å². The molecule has 3 heteroatoms. The molecule has 2 aromatic rings. The zero-order valence-corrected chi connectivity index (χ0v) is 10.1. The average Bonchev–Trinajstić information content (AvgIpc) is 2.29. The summed E-state index contributed by atoms with van der Waals surface area (Å²) in [5, 5.41) is 0. The molecule has 3 nitrogen and oxygen atoms in total. The fourth-order valence-electron chi connectivity index (χ4n) is 1.63. The molecule has 0 bridgehead atoms. The van der Waals surface area contributed by atoms with Gasteiger partial charge in [0.05, 0.1) is 0 Å². The first-order valence-corrected chi connectivity index (χ1v) is 5.62. The number of pyridine rings is 1. The maximum absolute atomic E-state index is 5.88. The Bertz CT molecular complexity index is 509. The highest BCUT2D eigenvalue weighted by Crippen LogP contribution is 2.26. The predicted octanol–water partition coefficient (Wildman–Crippen LogP) is 3.20. The minimum absolute atomic E-state index is 0.0940. The van der Waals surface area contributed by atoms with Crippen molar-refractivity contribution in [1.29, 1.82) is 0 Å².